The van der Waals surface area contributed by atoms with Gasteiger partial charge in [-0.25, -0.2) is 0 Å². The van der Waals surface area contributed by atoms with Gasteiger partial charge in [0.05, 0.1) is 6.10 Å². The first-order chi connectivity index (χ1) is 12.1. The van der Waals surface area contributed by atoms with Crippen LogP contribution in [-0.2, 0) is 11.2 Å². The summed E-state index contributed by atoms with van der Waals surface area (Å²) in [5.41, 5.74) is 3.42. The highest BCUT2D eigenvalue weighted by Crippen LogP contribution is 2.20. The lowest BCUT2D eigenvalue weighted by Gasteiger charge is -2.27. The Hall–Kier alpha value is -2.21. The molecule has 3 N–H and O–H groups in total. The molecule has 0 bridgehead atoms. The summed E-state index contributed by atoms with van der Waals surface area (Å²) < 4.78 is 0. The molecule has 0 saturated carbocycles. The Labute approximate surface area is 147 Å². The molecule has 0 radical (unpaired) electrons. The van der Waals surface area contributed by atoms with Gasteiger partial charge in [-0.15, -0.1) is 0 Å². The van der Waals surface area contributed by atoms with Gasteiger partial charge >= 0.3 is 0 Å². The highest BCUT2D eigenvalue weighted by atomic mass is 16.3. The van der Waals surface area contributed by atoms with Crippen LogP contribution in [-0.4, -0.2) is 53.0 Å². The fourth-order valence-corrected chi connectivity index (χ4v) is 3.14. The molecule has 5 nitrogen and oxygen atoms in total. The minimum atomic E-state index is -0.945. The number of nitrogens with zero attached hydrogens (tertiary/aromatic N) is 1. The second-order valence-corrected chi connectivity index (χ2v) is 6.48. The number of aliphatic hydroxyl groups is 2. The quantitative estimate of drug-likeness (QED) is 0.769. The van der Waals surface area contributed by atoms with Crippen molar-refractivity contribution in [2.24, 2.45) is 0 Å². The van der Waals surface area contributed by atoms with Gasteiger partial charge in [0.15, 0.2) is 0 Å². The van der Waals surface area contributed by atoms with Gasteiger partial charge in [0.2, 0.25) is 5.91 Å². The minimum absolute atomic E-state index is 0.0576. The van der Waals surface area contributed by atoms with Gasteiger partial charge in [0.1, 0.15) is 12.3 Å². The van der Waals surface area contributed by atoms with Crippen molar-refractivity contribution in [2.75, 3.05) is 13.6 Å². The maximum Gasteiger partial charge on any atom is 0.223 e. The number of amides is 1. The molecule has 5 heteroatoms. The number of carbonyl (C=O) groups excluding carboxylic acids is 1. The molecule has 132 valence electrons. The molecule has 2 aromatic carbocycles. The number of hydrogen-bond acceptors (Lipinski definition) is 4. The molecule has 1 saturated heterocycles. The summed E-state index contributed by atoms with van der Waals surface area (Å²) in [4.78, 5) is 13.8. The minimum Gasteiger partial charge on any atom is -0.389 e. The van der Waals surface area contributed by atoms with E-state index < -0.39 is 18.4 Å². The van der Waals surface area contributed by atoms with Crippen LogP contribution in [0.15, 0.2) is 54.6 Å². The van der Waals surface area contributed by atoms with E-state index in [2.05, 4.69) is 29.6 Å². The third-order valence-electron chi connectivity index (χ3n) is 4.75. The van der Waals surface area contributed by atoms with Crippen LogP contribution in [0.5, 0.6) is 0 Å². The lowest BCUT2D eigenvalue weighted by atomic mass is 10.0. The number of benzene rings is 2. The Balaban J connectivity index is 1.55. The van der Waals surface area contributed by atoms with Crippen molar-refractivity contribution in [2.45, 2.75) is 31.2 Å². The van der Waals surface area contributed by atoms with Gasteiger partial charge in [-0.1, -0.05) is 54.6 Å². The lowest BCUT2D eigenvalue weighted by Crippen LogP contribution is -2.49. The monoisotopic (exact) mass is 340 g/mol. The molecule has 1 fully saturated rings. The van der Waals surface area contributed by atoms with Crippen molar-refractivity contribution in [1.82, 2.24) is 10.2 Å². The molecule has 1 amide bonds. The largest absolute Gasteiger partial charge is 0.389 e. The molecule has 1 heterocycles. The topological polar surface area (TPSA) is 72.8 Å². The number of β-amino-alcohol motifs (C(OH)–C–C–N with tert-alkyl or cyclic N) is 1. The zero-order valence-electron chi connectivity index (χ0n) is 14.3. The molecule has 0 aliphatic carbocycles. The number of aryl methyl sites for hydroxylation is 1. The van der Waals surface area contributed by atoms with Gasteiger partial charge in [0, 0.05) is 20.0 Å². The van der Waals surface area contributed by atoms with Gasteiger partial charge in [-0.05, 0) is 23.1 Å². The fourth-order valence-electron chi connectivity index (χ4n) is 3.14. The van der Waals surface area contributed by atoms with Gasteiger partial charge in [0.25, 0.3) is 0 Å². The molecule has 2 aromatic rings. The lowest BCUT2D eigenvalue weighted by molar-refractivity contribution is -0.135. The fraction of sp³-hybridized carbons (Fsp3) is 0.350. The highest BCUT2D eigenvalue weighted by Gasteiger charge is 2.37. The van der Waals surface area contributed by atoms with E-state index in [1.165, 1.54) is 10.5 Å². The van der Waals surface area contributed by atoms with Crippen LogP contribution in [0.2, 0.25) is 0 Å². The summed E-state index contributed by atoms with van der Waals surface area (Å²) in [6.45, 7) is 0.296. The standard InChI is InChI=1S/C20H24N2O3/c1-22(20-19(25)17(23)13-21-20)18(24)12-9-14-7-10-16(11-8-14)15-5-3-2-4-6-15/h2-8,10-11,17,19-21,23,25H,9,12-13H2,1H3. The third kappa shape index (κ3) is 4.07. The molecule has 0 aromatic heterocycles. The number of nitrogens with one attached hydrogen (secondary N) is 1. The molecule has 3 unspecified atom stereocenters. The summed E-state index contributed by atoms with van der Waals surface area (Å²) in [6.07, 6.45) is -1.29. The molecule has 3 rings (SSSR count). The molecule has 0 spiro atoms. The van der Waals surface area contributed by atoms with E-state index in [0.717, 1.165) is 11.1 Å². The Morgan fingerprint density at radius 2 is 1.72 bits per heavy atom. The Bertz CT molecular complexity index is 703. The summed E-state index contributed by atoms with van der Waals surface area (Å²) in [7, 11) is 1.65. The Morgan fingerprint density at radius 1 is 1.08 bits per heavy atom. The SMILES string of the molecule is CN(C(=O)CCc1ccc(-c2ccccc2)cc1)C1NCC(O)C1O. The van der Waals surface area contributed by atoms with E-state index >= 15 is 0 Å². The number of aliphatic hydroxyl groups excluding tert-OH is 2. The molecular formula is C20H24N2O3. The average Bonchev–Trinajstić information content (AvgIpc) is 2.99. The zero-order valence-corrected chi connectivity index (χ0v) is 14.3. The highest BCUT2D eigenvalue weighted by molar-refractivity contribution is 5.76. The second-order valence-electron chi connectivity index (χ2n) is 6.48. The average molecular weight is 340 g/mol. The van der Waals surface area contributed by atoms with Crippen molar-refractivity contribution in [3.63, 3.8) is 0 Å². The van der Waals surface area contributed by atoms with Crippen molar-refractivity contribution in [3.05, 3.63) is 60.2 Å². The number of carbonyl (C=O) groups is 1. The first-order valence-corrected chi connectivity index (χ1v) is 8.56. The summed E-state index contributed by atoms with van der Waals surface area (Å²) in [5, 5.41) is 22.4. The van der Waals surface area contributed by atoms with E-state index in [1.54, 1.807) is 7.05 Å². The van der Waals surface area contributed by atoms with E-state index in [-0.39, 0.29) is 5.91 Å². The molecule has 3 atom stereocenters. The summed E-state index contributed by atoms with van der Waals surface area (Å²) in [6, 6.07) is 18.4. The zero-order chi connectivity index (χ0) is 17.8. The smallest absolute Gasteiger partial charge is 0.223 e. The maximum atomic E-state index is 12.3. The van der Waals surface area contributed by atoms with E-state index in [4.69, 9.17) is 0 Å². The van der Waals surface area contributed by atoms with E-state index in [1.807, 2.05) is 30.3 Å². The number of rotatable bonds is 5. The van der Waals surface area contributed by atoms with Crippen LogP contribution in [0.25, 0.3) is 11.1 Å². The second kappa shape index (κ2) is 7.78. The number of hydrogen-bond donors (Lipinski definition) is 3. The molecular weight excluding hydrogens is 316 g/mol. The van der Waals surface area contributed by atoms with E-state index in [0.29, 0.717) is 19.4 Å². The van der Waals surface area contributed by atoms with Gasteiger partial charge < -0.3 is 15.1 Å². The first kappa shape index (κ1) is 17.6. The normalized spacial score (nSPS) is 22.8. The van der Waals surface area contributed by atoms with Crippen LogP contribution in [0.1, 0.15) is 12.0 Å². The van der Waals surface area contributed by atoms with Crippen molar-refractivity contribution < 1.29 is 15.0 Å². The van der Waals surface area contributed by atoms with Crippen LogP contribution < -0.4 is 5.32 Å². The first-order valence-electron chi connectivity index (χ1n) is 8.56. The van der Waals surface area contributed by atoms with Crippen molar-refractivity contribution in [3.8, 4) is 11.1 Å². The van der Waals surface area contributed by atoms with Crippen LogP contribution in [0.4, 0.5) is 0 Å². The molecule has 1 aliphatic heterocycles. The maximum absolute atomic E-state index is 12.3. The van der Waals surface area contributed by atoms with Crippen LogP contribution >= 0.6 is 0 Å². The van der Waals surface area contributed by atoms with Crippen molar-refractivity contribution in [1.29, 1.82) is 0 Å². The van der Waals surface area contributed by atoms with Gasteiger partial charge in [-0.2, -0.15) is 0 Å². The predicted molar refractivity (Wildman–Crippen MR) is 96.8 cm³/mol. The van der Waals surface area contributed by atoms with Gasteiger partial charge in [-0.3, -0.25) is 10.1 Å². The molecule has 1 aliphatic rings. The summed E-state index contributed by atoms with van der Waals surface area (Å²) in [5.74, 6) is -0.0576. The summed E-state index contributed by atoms with van der Waals surface area (Å²) >= 11 is 0. The third-order valence-corrected chi connectivity index (χ3v) is 4.75. The van der Waals surface area contributed by atoms with Crippen LogP contribution in [0, 0.1) is 0 Å². The number of likely N-dealkylation sites (N-methyl/N-ethyl adjacent to an activating group) is 1. The predicted octanol–water partition coefficient (Wildman–Crippen LogP) is 1.40. The Morgan fingerprint density at radius 3 is 2.32 bits per heavy atom. The van der Waals surface area contributed by atoms with Crippen LogP contribution in [0.3, 0.4) is 0 Å². The van der Waals surface area contributed by atoms with E-state index in [9.17, 15) is 15.0 Å². The Kier molecular flexibility index (Phi) is 5.48. The van der Waals surface area contributed by atoms with Crippen molar-refractivity contribution >= 4 is 5.91 Å². The molecule has 25 heavy (non-hydrogen) atoms.